The molecule has 0 radical (unpaired) electrons. The van der Waals surface area contributed by atoms with Crippen molar-refractivity contribution in [3.8, 4) is 11.5 Å². The van der Waals surface area contributed by atoms with E-state index >= 15 is 0 Å². The number of anilines is 1. The van der Waals surface area contributed by atoms with Crippen molar-refractivity contribution in [2.75, 3.05) is 19.5 Å². The summed E-state index contributed by atoms with van der Waals surface area (Å²) >= 11 is 7.35. The minimum atomic E-state index is -0.163. The summed E-state index contributed by atoms with van der Waals surface area (Å²) in [5, 5.41) is 4.01. The largest absolute Gasteiger partial charge is 0.497 e. The predicted molar refractivity (Wildman–Crippen MR) is 96.5 cm³/mol. The Morgan fingerprint density at radius 2 is 2.04 bits per heavy atom. The van der Waals surface area contributed by atoms with Gasteiger partial charge in [0, 0.05) is 16.7 Å². The number of hydrogen-bond donors (Lipinski definition) is 1. The number of hydrogen-bond acceptors (Lipinski definition) is 5. The fourth-order valence-corrected chi connectivity index (χ4v) is 3.44. The van der Waals surface area contributed by atoms with Gasteiger partial charge in [-0.25, -0.2) is 4.98 Å². The van der Waals surface area contributed by atoms with E-state index in [1.807, 2.05) is 18.2 Å². The smallest absolute Gasteiger partial charge is 0.230 e. The lowest BCUT2D eigenvalue weighted by molar-refractivity contribution is -0.115. The molecule has 1 aromatic heterocycles. The van der Waals surface area contributed by atoms with Crippen molar-refractivity contribution in [1.29, 1.82) is 0 Å². The van der Waals surface area contributed by atoms with Crippen LogP contribution >= 0.6 is 22.9 Å². The third-order valence-electron chi connectivity index (χ3n) is 3.44. The topological polar surface area (TPSA) is 60.5 Å². The molecule has 124 valence electrons. The molecule has 0 fully saturated rings. The Bertz CT molecular complexity index is 895. The van der Waals surface area contributed by atoms with E-state index in [1.165, 1.54) is 11.3 Å². The molecule has 2 aromatic carbocycles. The monoisotopic (exact) mass is 362 g/mol. The van der Waals surface area contributed by atoms with Gasteiger partial charge in [-0.2, -0.15) is 0 Å². The number of nitrogens with zero attached hydrogens (tertiary/aromatic N) is 1. The molecule has 0 spiro atoms. The number of thiazole rings is 1. The van der Waals surface area contributed by atoms with Gasteiger partial charge in [0.2, 0.25) is 5.91 Å². The molecule has 24 heavy (non-hydrogen) atoms. The van der Waals surface area contributed by atoms with E-state index in [-0.39, 0.29) is 12.3 Å². The highest BCUT2D eigenvalue weighted by Crippen LogP contribution is 2.29. The van der Waals surface area contributed by atoms with Gasteiger partial charge in [-0.15, -0.1) is 0 Å². The average Bonchev–Trinajstić information content (AvgIpc) is 2.96. The second-order valence-corrected chi connectivity index (χ2v) is 6.50. The molecule has 0 bridgehead atoms. The molecule has 0 saturated carbocycles. The van der Waals surface area contributed by atoms with Crippen molar-refractivity contribution in [3.05, 3.63) is 47.0 Å². The maximum atomic E-state index is 12.3. The number of rotatable bonds is 5. The van der Waals surface area contributed by atoms with Gasteiger partial charge < -0.3 is 14.8 Å². The van der Waals surface area contributed by atoms with Crippen LogP contribution in [0.1, 0.15) is 5.56 Å². The zero-order valence-electron chi connectivity index (χ0n) is 13.1. The Labute approximate surface area is 148 Å². The van der Waals surface area contributed by atoms with Crippen molar-refractivity contribution in [2.45, 2.75) is 6.42 Å². The second-order valence-electron chi connectivity index (χ2n) is 5.03. The molecule has 3 aromatic rings. The van der Waals surface area contributed by atoms with Crippen LogP contribution in [0.2, 0.25) is 5.02 Å². The van der Waals surface area contributed by atoms with Crippen molar-refractivity contribution in [1.82, 2.24) is 4.98 Å². The van der Waals surface area contributed by atoms with E-state index in [2.05, 4.69) is 10.3 Å². The minimum absolute atomic E-state index is 0.163. The van der Waals surface area contributed by atoms with Gasteiger partial charge in [0.25, 0.3) is 0 Å². The van der Waals surface area contributed by atoms with E-state index in [4.69, 9.17) is 21.1 Å². The first-order chi connectivity index (χ1) is 11.6. The number of amides is 1. The van der Waals surface area contributed by atoms with Gasteiger partial charge in [0.05, 0.1) is 30.9 Å². The third kappa shape index (κ3) is 3.60. The van der Waals surface area contributed by atoms with Gasteiger partial charge in [0.1, 0.15) is 11.5 Å². The van der Waals surface area contributed by atoms with Gasteiger partial charge in [0.15, 0.2) is 5.13 Å². The fraction of sp³-hybridized carbons (Fsp3) is 0.176. The van der Waals surface area contributed by atoms with Gasteiger partial charge in [-0.3, -0.25) is 4.79 Å². The van der Waals surface area contributed by atoms with Gasteiger partial charge in [-0.1, -0.05) is 29.0 Å². The van der Waals surface area contributed by atoms with E-state index in [1.54, 1.807) is 32.4 Å². The van der Waals surface area contributed by atoms with E-state index < -0.39 is 0 Å². The fourth-order valence-electron chi connectivity index (χ4n) is 2.29. The summed E-state index contributed by atoms with van der Waals surface area (Å²) in [6.07, 6.45) is 0.184. The number of methoxy groups -OCH3 is 2. The Kier molecular flexibility index (Phi) is 4.87. The lowest BCUT2D eigenvalue weighted by Gasteiger charge is -2.10. The summed E-state index contributed by atoms with van der Waals surface area (Å²) in [6, 6.07) is 10.8. The van der Waals surface area contributed by atoms with E-state index in [0.717, 1.165) is 15.8 Å². The van der Waals surface area contributed by atoms with E-state index in [0.29, 0.717) is 21.7 Å². The standard InChI is InChI=1S/C17H15ClN2O3S/c1-22-12-5-3-10(14(9-12)23-2)7-16(21)20-17-19-13-6-4-11(18)8-15(13)24-17/h3-6,8-9H,7H2,1-2H3,(H,19,20,21). The van der Waals surface area contributed by atoms with Crippen molar-refractivity contribution in [3.63, 3.8) is 0 Å². The average molecular weight is 363 g/mol. The highest BCUT2D eigenvalue weighted by molar-refractivity contribution is 7.22. The number of carbonyl (C=O) groups is 1. The predicted octanol–water partition coefficient (Wildman–Crippen LogP) is 4.15. The normalized spacial score (nSPS) is 10.6. The van der Waals surface area contributed by atoms with Crippen LogP contribution in [-0.4, -0.2) is 25.1 Å². The van der Waals surface area contributed by atoms with Gasteiger partial charge >= 0.3 is 0 Å². The second kappa shape index (κ2) is 7.07. The Morgan fingerprint density at radius 3 is 2.79 bits per heavy atom. The quantitative estimate of drug-likeness (QED) is 0.740. The van der Waals surface area contributed by atoms with Crippen molar-refractivity contribution in [2.24, 2.45) is 0 Å². The summed E-state index contributed by atoms with van der Waals surface area (Å²) in [5.41, 5.74) is 1.58. The molecule has 5 nitrogen and oxygen atoms in total. The van der Waals surface area contributed by atoms with Crippen LogP contribution in [0.4, 0.5) is 5.13 Å². The third-order valence-corrected chi connectivity index (χ3v) is 4.61. The van der Waals surface area contributed by atoms with Crippen LogP contribution in [0.5, 0.6) is 11.5 Å². The zero-order valence-corrected chi connectivity index (χ0v) is 14.7. The number of carbonyl (C=O) groups excluding carboxylic acids is 1. The number of benzene rings is 2. The molecule has 1 heterocycles. The van der Waals surface area contributed by atoms with Crippen LogP contribution in [-0.2, 0) is 11.2 Å². The van der Waals surface area contributed by atoms with Crippen LogP contribution < -0.4 is 14.8 Å². The first-order valence-electron chi connectivity index (χ1n) is 7.16. The molecule has 0 aliphatic rings. The number of aromatic nitrogens is 1. The Balaban J connectivity index is 1.75. The molecule has 0 atom stereocenters. The number of nitrogens with one attached hydrogen (secondary N) is 1. The van der Waals surface area contributed by atoms with Crippen molar-refractivity contribution < 1.29 is 14.3 Å². The molecule has 0 unspecified atom stereocenters. The molecule has 0 saturated heterocycles. The minimum Gasteiger partial charge on any atom is -0.497 e. The number of halogens is 1. The molecular formula is C17H15ClN2O3S. The Morgan fingerprint density at radius 1 is 1.21 bits per heavy atom. The summed E-state index contributed by atoms with van der Waals surface area (Å²) in [7, 11) is 3.15. The molecule has 0 aliphatic heterocycles. The first-order valence-corrected chi connectivity index (χ1v) is 8.35. The molecule has 1 amide bonds. The summed E-state index contributed by atoms with van der Waals surface area (Å²) < 4.78 is 11.4. The first kappa shape index (κ1) is 16.5. The van der Waals surface area contributed by atoms with Crippen molar-refractivity contribution >= 4 is 44.2 Å². The zero-order chi connectivity index (χ0) is 17.1. The summed E-state index contributed by atoms with van der Waals surface area (Å²) in [6.45, 7) is 0. The molecule has 0 aliphatic carbocycles. The Hall–Kier alpha value is -2.31. The van der Waals surface area contributed by atoms with E-state index in [9.17, 15) is 4.79 Å². The van der Waals surface area contributed by atoms with Crippen LogP contribution in [0.25, 0.3) is 10.2 Å². The molecule has 3 rings (SSSR count). The van der Waals surface area contributed by atoms with Gasteiger partial charge in [-0.05, 0) is 24.3 Å². The number of ether oxygens (including phenoxy) is 2. The summed E-state index contributed by atoms with van der Waals surface area (Å²) in [5.74, 6) is 1.13. The lowest BCUT2D eigenvalue weighted by Crippen LogP contribution is -2.14. The maximum absolute atomic E-state index is 12.3. The molecular weight excluding hydrogens is 348 g/mol. The van der Waals surface area contributed by atoms with Crippen LogP contribution in [0, 0.1) is 0 Å². The highest BCUT2D eigenvalue weighted by atomic mass is 35.5. The van der Waals surface area contributed by atoms with Crippen LogP contribution in [0.3, 0.4) is 0 Å². The van der Waals surface area contributed by atoms with Crippen LogP contribution in [0.15, 0.2) is 36.4 Å². The highest BCUT2D eigenvalue weighted by Gasteiger charge is 2.12. The maximum Gasteiger partial charge on any atom is 0.230 e. The lowest BCUT2D eigenvalue weighted by atomic mass is 10.1. The molecule has 7 heteroatoms. The SMILES string of the molecule is COc1ccc(CC(=O)Nc2nc3ccc(Cl)cc3s2)c(OC)c1. The summed E-state index contributed by atoms with van der Waals surface area (Å²) in [4.78, 5) is 16.7. The molecule has 1 N–H and O–H groups in total. The number of fused-ring (bicyclic) bond motifs is 1.